The summed E-state index contributed by atoms with van der Waals surface area (Å²) >= 11 is 6.26. The molecular formula is C27H28ClF3N2O6S. The highest BCUT2D eigenvalue weighted by atomic mass is 35.5. The van der Waals surface area contributed by atoms with Crippen LogP contribution in [0.1, 0.15) is 42.5 Å². The first-order valence-corrected chi connectivity index (χ1v) is 14.9. The molecule has 0 spiro atoms. The SMILES string of the molecule is O=C(Nc1cc(F)c(F)c(F)c1)c1ccc(Cl)c(S(=O)(=O)[C@H]2CC3CCC(C2)[C@]3(O)CNC(=O)C2CCOC2)c1. The van der Waals surface area contributed by atoms with Gasteiger partial charge in [0.05, 0.1) is 33.3 Å². The molecule has 2 saturated carbocycles. The maximum Gasteiger partial charge on any atom is 0.255 e. The van der Waals surface area contributed by atoms with Crippen LogP contribution >= 0.6 is 11.6 Å². The van der Waals surface area contributed by atoms with Crippen molar-refractivity contribution >= 4 is 38.9 Å². The molecule has 3 unspecified atom stereocenters. The highest BCUT2D eigenvalue weighted by Gasteiger charge is 2.55. The van der Waals surface area contributed by atoms with Crippen molar-refractivity contribution in [1.82, 2.24) is 5.32 Å². The van der Waals surface area contributed by atoms with E-state index < -0.39 is 44.0 Å². The summed E-state index contributed by atoms with van der Waals surface area (Å²) in [5.74, 6) is -6.71. The van der Waals surface area contributed by atoms with Gasteiger partial charge in [-0.25, -0.2) is 21.6 Å². The molecule has 1 aliphatic heterocycles. The second-order valence-electron chi connectivity index (χ2n) is 10.7. The van der Waals surface area contributed by atoms with Crippen molar-refractivity contribution in [2.45, 2.75) is 47.9 Å². The first-order valence-electron chi connectivity index (χ1n) is 13.0. The molecule has 0 radical (unpaired) electrons. The van der Waals surface area contributed by atoms with Crippen molar-refractivity contribution in [2.75, 3.05) is 25.1 Å². The molecule has 216 valence electrons. The Kier molecular flexibility index (Phi) is 7.90. The third-order valence-electron chi connectivity index (χ3n) is 8.40. The van der Waals surface area contributed by atoms with Crippen LogP contribution in [0.5, 0.6) is 0 Å². The lowest BCUT2D eigenvalue weighted by Crippen LogP contribution is -2.55. The minimum atomic E-state index is -4.06. The number of hydrogen-bond donors (Lipinski definition) is 3. The summed E-state index contributed by atoms with van der Waals surface area (Å²) in [5.41, 5.74) is -1.72. The fraction of sp³-hybridized carbons (Fsp3) is 0.481. The van der Waals surface area contributed by atoms with Gasteiger partial charge in [0.15, 0.2) is 27.3 Å². The second kappa shape index (κ2) is 11.0. The molecule has 5 rings (SSSR count). The zero-order chi connectivity index (χ0) is 28.8. The molecule has 3 atom stereocenters. The molecule has 1 saturated heterocycles. The monoisotopic (exact) mass is 600 g/mol. The van der Waals surface area contributed by atoms with E-state index in [-0.39, 0.29) is 64.2 Å². The number of halogens is 4. The molecule has 40 heavy (non-hydrogen) atoms. The first-order chi connectivity index (χ1) is 18.9. The van der Waals surface area contributed by atoms with Crippen molar-refractivity contribution in [3.63, 3.8) is 0 Å². The number of sulfone groups is 1. The van der Waals surface area contributed by atoms with E-state index in [9.17, 15) is 36.3 Å². The van der Waals surface area contributed by atoms with Crippen molar-refractivity contribution in [1.29, 1.82) is 0 Å². The third kappa shape index (κ3) is 5.34. The van der Waals surface area contributed by atoms with Crippen LogP contribution < -0.4 is 10.6 Å². The quantitative estimate of drug-likeness (QED) is 0.415. The zero-order valence-electron chi connectivity index (χ0n) is 21.3. The van der Waals surface area contributed by atoms with Crippen molar-refractivity contribution in [3.8, 4) is 0 Å². The first kappa shape index (κ1) is 28.8. The van der Waals surface area contributed by atoms with Gasteiger partial charge in [-0.15, -0.1) is 0 Å². The average molecular weight is 601 g/mol. The smallest absolute Gasteiger partial charge is 0.255 e. The number of fused-ring (bicyclic) bond motifs is 2. The molecule has 2 aromatic carbocycles. The van der Waals surface area contributed by atoms with Crippen molar-refractivity contribution in [3.05, 3.63) is 58.4 Å². The van der Waals surface area contributed by atoms with Crippen LogP contribution in [0.25, 0.3) is 0 Å². The van der Waals surface area contributed by atoms with Crippen LogP contribution in [0.15, 0.2) is 35.2 Å². The van der Waals surface area contributed by atoms with Crippen LogP contribution in [-0.2, 0) is 19.4 Å². The van der Waals surface area contributed by atoms with Gasteiger partial charge >= 0.3 is 0 Å². The number of rotatable bonds is 7. The van der Waals surface area contributed by atoms with Crippen LogP contribution in [-0.4, -0.2) is 55.9 Å². The third-order valence-corrected chi connectivity index (χ3v) is 11.1. The summed E-state index contributed by atoms with van der Waals surface area (Å²) in [6.45, 7) is 0.889. The number of aliphatic hydroxyl groups is 1. The van der Waals surface area contributed by atoms with Gasteiger partial charge in [-0.05, 0) is 62.1 Å². The Labute approximate surface area is 234 Å². The van der Waals surface area contributed by atoms with Gasteiger partial charge in [-0.3, -0.25) is 9.59 Å². The predicted molar refractivity (Wildman–Crippen MR) is 139 cm³/mol. The van der Waals surface area contributed by atoms with E-state index in [0.717, 1.165) is 6.07 Å². The Hall–Kier alpha value is -2.67. The molecule has 3 N–H and O–H groups in total. The van der Waals surface area contributed by atoms with Gasteiger partial charge in [-0.1, -0.05) is 11.6 Å². The van der Waals surface area contributed by atoms with E-state index in [1.807, 2.05) is 0 Å². The minimum Gasteiger partial charge on any atom is -0.387 e. The summed E-state index contributed by atoms with van der Waals surface area (Å²) in [6, 6.07) is 4.80. The zero-order valence-corrected chi connectivity index (χ0v) is 22.8. The number of carbonyl (C=O) groups is 2. The summed E-state index contributed by atoms with van der Waals surface area (Å²) in [5, 5.41) is 15.6. The predicted octanol–water partition coefficient (Wildman–Crippen LogP) is 3.86. The number of ether oxygens (including phenoxy) is 1. The Morgan fingerprint density at radius 2 is 1.70 bits per heavy atom. The molecule has 13 heteroatoms. The lowest BCUT2D eigenvalue weighted by atomic mass is 9.74. The van der Waals surface area contributed by atoms with Crippen LogP contribution in [0, 0.1) is 35.2 Å². The van der Waals surface area contributed by atoms with Crippen LogP contribution in [0.2, 0.25) is 5.02 Å². The van der Waals surface area contributed by atoms with Crippen LogP contribution in [0.3, 0.4) is 0 Å². The number of carbonyl (C=O) groups excluding carboxylic acids is 2. The summed E-state index contributed by atoms with van der Waals surface area (Å²) in [7, 11) is -4.06. The molecule has 2 bridgehead atoms. The maximum atomic E-state index is 13.7. The Bertz CT molecular complexity index is 1410. The van der Waals surface area contributed by atoms with E-state index in [0.29, 0.717) is 44.6 Å². The molecule has 3 fully saturated rings. The minimum absolute atomic E-state index is 0.0332. The van der Waals surface area contributed by atoms with E-state index in [1.54, 1.807) is 0 Å². The number of hydrogen-bond acceptors (Lipinski definition) is 6. The van der Waals surface area contributed by atoms with E-state index in [1.165, 1.54) is 12.1 Å². The molecule has 8 nitrogen and oxygen atoms in total. The van der Waals surface area contributed by atoms with E-state index >= 15 is 0 Å². The molecule has 2 aromatic rings. The van der Waals surface area contributed by atoms with Crippen LogP contribution in [0.4, 0.5) is 18.9 Å². The lowest BCUT2D eigenvalue weighted by molar-refractivity contribution is -0.128. The van der Waals surface area contributed by atoms with Gasteiger partial charge in [0.1, 0.15) is 0 Å². The van der Waals surface area contributed by atoms with Gasteiger partial charge in [-0.2, -0.15) is 0 Å². The normalized spacial score (nSPS) is 27.9. The number of nitrogens with one attached hydrogen (secondary N) is 2. The lowest BCUT2D eigenvalue weighted by Gasteiger charge is -2.42. The highest BCUT2D eigenvalue weighted by Crippen LogP contribution is 2.52. The largest absolute Gasteiger partial charge is 0.387 e. The molecular weight excluding hydrogens is 573 g/mol. The Morgan fingerprint density at radius 3 is 2.30 bits per heavy atom. The topological polar surface area (TPSA) is 122 Å². The van der Waals surface area contributed by atoms with Gasteiger partial charge in [0.2, 0.25) is 5.91 Å². The molecule has 0 aromatic heterocycles. The second-order valence-corrected chi connectivity index (χ2v) is 13.3. The van der Waals surface area contributed by atoms with E-state index in [4.69, 9.17) is 16.3 Å². The van der Waals surface area contributed by atoms with Gasteiger partial charge in [0.25, 0.3) is 5.91 Å². The molecule has 3 aliphatic rings. The number of amides is 2. The average Bonchev–Trinajstić information content (AvgIpc) is 3.48. The highest BCUT2D eigenvalue weighted by molar-refractivity contribution is 7.92. The Morgan fingerprint density at radius 1 is 1.05 bits per heavy atom. The standard InChI is InChI=1S/C27H28ClF3N2O6S/c28-20-4-1-14(26(35)33-18-10-21(29)24(31)22(30)11-18)7-23(20)40(37,38)19-8-16-2-3-17(9-19)27(16,36)13-32-25(34)15-5-6-39-12-15/h1,4,7,10-11,15-17,19,36H,2-3,5-6,8-9,12-13H2,(H,32,34)(H,33,35)/t15?,16?,17?,19-,27-. The fourth-order valence-corrected chi connectivity index (χ4v) is 8.54. The summed E-state index contributed by atoms with van der Waals surface area (Å²) < 4.78 is 73.0. The van der Waals surface area contributed by atoms with Crippen molar-refractivity contribution in [2.24, 2.45) is 17.8 Å². The number of benzene rings is 2. The number of anilines is 1. The molecule has 1 heterocycles. The van der Waals surface area contributed by atoms with Gasteiger partial charge < -0.3 is 20.5 Å². The van der Waals surface area contributed by atoms with E-state index in [2.05, 4.69) is 10.6 Å². The molecule has 2 amide bonds. The summed E-state index contributed by atoms with van der Waals surface area (Å²) in [6.07, 6.45) is 2.14. The van der Waals surface area contributed by atoms with Gasteiger partial charge in [0, 0.05) is 36.5 Å². The van der Waals surface area contributed by atoms with Crippen molar-refractivity contribution < 1.29 is 41.0 Å². The fourth-order valence-electron chi connectivity index (χ4n) is 6.14. The Balaban J connectivity index is 1.31. The summed E-state index contributed by atoms with van der Waals surface area (Å²) in [4.78, 5) is 24.9. The maximum absolute atomic E-state index is 13.7. The molecule has 2 aliphatic carbocycles.